The van der Waals surface area contributed by atoms with Gasteiger partial charge in [0.2, 0.25) is 0 Å². The highest BCUT2D eigenvalue weighted by Gasteiger charge is 2.14. The summed E-state index contributed by atoms with van der Waals surface area (Å²) in [5.41, 5.74) is 4.35. The lowest BCUT2D eigenvalue weighted by Gasteiger charge is -2.11. The smallest absolute Gasteiger partial charge is 0.0408 e. The Morgan fingerprint density at radius 2 is 2.17 bits per heavy atom. The molecule has 1 aromatic carbocycles. The molecule has 1 heteroatoms. The lowest BCUT2D eigenvalue weighted by Crippen LogP contribution is -1.96. The molecule has 0 atom stereocenters. The Hall–Kier alpha value is -0.980. The van der Waals surface area contributed by atoms with Crippen LogP contribution in [-0.2, 0) is 6.42 Å². The number of fused-ring (bicyclic) bond motifs is 1. The molecule has 1 aromatic rings. The van der Waals surface area contributed by atoms with Crippen LogP contribution in [0.5, 0.6) is 0 Å². The second-order valence-corrected chi connectivity index (χ2v) is 3.71. The highest BCUT2D eigenvalue weighted by Crippen LogP contribution is 2.31. The van der Waals surface area contributed by atoms with Crippen LogP contribution in [0, 0.1) is 0 Å². The second-order valence-electron chi connectivity index (χ2n) is 3.71. The van der Waals surface area contributed by atoms with E-state index in [1.54, 1.807) is 0 Å². The minimum absolute atomic E-state index is 0.630. The number of benzene rings is 1. The van der Waals surface area contributed by atoms with E-state index in [9.17, 15) is 0 Å². The summed E-state index contributed by atoms with van der Waals surface area (Å²) in [5, 5.41) is 3.45. The Balaban J connectivity index is 2.49. The van der Waals surface area contributed by atoms with Gasteiger partial charge >= 0.3 is 0 Å². The van der Waals surface area contributed by atoms with Crippen molar-refractivity contribution in [1.82, 2.24) is 0 Å². The molecule has 64 valence electrons. The second kappa shape index (κ2) is 2.81. The zero-order chi connectivity index (χ0) is 8.55. The summed E-state index contributed by atoms with van der Waals surface area (Å²) in [6.45, 7) is 5.60. The minimum atomic E-state index is 0.630. The molecule has 0 saturated heterocycles. The highest BCUT2D eigenvalue weighted by atomic mass is 14.9. The van der Waals surface area contributed by atoms with E-state index in [1.165, 1.54) is 23.2 Å². The van der Waals surface area contributed by atoms with Gasteiger partial charge in [-0.25, -0.2) is 0 Å². The van der Waals surface area contributed by atoms with Crippen LogP contribution in [0.2, 0.25) is 0 Å². The highest BCUT2D eigenvalue weighted by molar-refractivity contribution is 5.62. The molecule has 0 spiro atoms. The average Bonchev–Trinajstić information content (AvgIpc) is 2.49. The number of nitrogens with one attached hydrogen (secondary N) is 1. The van der Waals surface area contributed by atoms with Gasteiger partial charge in [-0.15, -0.1) is 0 Å². The first-order chi connectivity index (χ1) is 5.79. The van der Waals surface area contributed by atoms with Gasteiger partial charge in [0.1, 0.15) is 0 Å². The summed E-state index contributed by atoms with van der Waals surface area (Å²) in [7, 11) is 0. The average molecular weight is 161 g/mol. The first-order valence-corrected chi connectivity index (χ1v) is 4.64. The topological polar surface area (TPSA) is 12.0 Å². The van der Waals surface area contributed by atoms with E-state index in [2.05, 4.69) is 37.4 Å². The van der Waals surface area contributed by atoms with Gasteiger partial charge in [-0.05, 0) is 23.5 Å². The minimum Gasteiger partial charge on any atom is -0.384 e. The summed E-state index contributed by atoms with van der Waals surface area (Å²) >= 11 is 0. The molecule has 1 aliphatic heterocycles. The van der Waals surface area contributed by atoms with Gasteiger partial charge in [0.15, 0.2) is 0 Å². The number of hydrogen-bond donors (Lipinski definition) is 1. The van der Waals surface area contributed by atoms with E-state index in [-0.39, 0.29) is 0 Å². The molecular formula is C11H15N. The molecule has 2 rings (SSSR count). The molecule has 0 aliphatic carbocycles. The Bertz CT molecular complexity index is 289. The normalized spacial score (nSPS) is 14.6. The summed E-state index contributed by atoms with van der Waals surface area (Å²) in [5.74, 6) is 0.630. The van der Waals surface area contributed by atoms with E-state index in [1.807, 2.05) is 0 Å². The third-order valence-electron chi connectivity index (χ3n) is 2.50. The molecular weight excluding hydrogens is 146 g/mol. The standard InChI is InChI=1S/C11H15N/c1-8(2)10-5-3-4-9-6-7-12-11(9)10/h3-5,8,12H,6-7H2,1-2H3. The quantitative estimate of drug-likeness (QED) is 0.667. The first-order valence-electron chi connectivity index (χ1n) is 4.64. The van der Waals surface area contributed by atoms with Gasteiger partial charge in [0.05, 0.1) is 0 Å². The molecule has 0 aromatic heterocycles. The van der Waals surface area contributed by atoms with Crippen LogP contribution in [0.1, 0.15) is 30.9 Å². The fraction of sp³-hybridized carbons (Fsp3) is 0.455. The maximum absolute atomic E-state index is 3.45. The van der Waals surface area contributed by atoms with Crippen LogP contribution in [-0.4, -0.2) is 6.54 Å². The third kappa shape index (κ3) is 1.09. The van der Waals surface area contributed by atoms with Gasteiger partial charge in [-0.1, -0.05) is 32.0 Å². The lowest BCUT2D eigenvalue weighted by molar-refractivity contribution is 0.868. The monoisotopic (exact) mass is 161 g/mol. The van der Waals surface area contributed by atoms with Crippen molar-refractivity contribution in [3.63, 3.8) is 0 Å². The largest absolute Gasteiger partial charge is 0.384 e. The lowest BCUT2D eigenvalue weighted by atomic mass is 9.98. The molecule has 1 N–H and O–H groups in total. The molecule has 0 radical (unpaired) electrons. The van der Waals surface area contributed by atoms with Crippen molar-refractivity contribution < 1.29 is 0 Å². The molecule has 0 amide bonds. The number of hydrogen-bond acceptors (Lipinski definition) is 1. The van der Waals surface area contributed by atoms with Gasteiger partial charge in [-0.3, -0.25) is 0 Å². The first kappa shape index (κ1) is 7.66. The fourth-order valence-electron chi connectivity index (χ4n) is 1.85. The maximum atomic E-state index is 3.45. The zero-order valence-corrected chi connectivity index (χ0v) is 7.72. The summed E-state index contributed by atoms with van der Waals surface area (Å²) in [6, 6.07) is 6.62. The van der Waals surface area contributed by atoms with Crippen molar-refractivity contribution >= 4 is 5.69 Å². The van der Waals surface area contributed by atoms with E-state index in [0.29, 0.717) is 5.92 Å². The van der Waals surface area contributed by atoms with Crippen LogP contribution in [0.25, 0.3) is 0 Å². The van der Waals surface area contributed by atoms with E-state index >= 15 is 0 Å². The van der Waals surface area contributed by atoms with Gasteiger partial charge in [-0.2, -0.15) is 0 Å². The predicted octanol–water partition coefficient (Wildman–Crippen LogP) is 2.78. The van der Waals surface area contributed by atoms with Crippen LogP contribution < -0.4 is 5.32 Å². The molecule has 0 fully saturated rings. The number of para-hydroxylation sites is 1. The van der Waals surface area contributed by atoms with Crippen molar-refractivity contribution in [3.8, 4) is 0 Å². The maximum Gasteiger partial charge on any atom is 0.0408 e. The van der Waals surface area contributed by atoms with Crippen LogP contribution in [0.15, 0.2) is 18.2 Å². The van der Waals surface area contributed by atoms with Crippen molar-refractivity contribution in [2.45, 2.75) is 26.2 Å². The van der Waals surface area contributed by atoms with Crippen molar-refractivity contribution in [1.29, 1.82) is 0 Å². The Labute approximate surface area is 73.8 Å². The zero-order valence-electron chi connectivity index (χ0n) is 7.72. The molecule has 0 saturated carbocycles. The van der Waals surface area contributed by atoms with Crippen LogP contribution in [0.4, 0.5) is 5.69 Å². The molecule has 12 heavy (non-hydrogen) atoms. The Morgan fingerprint density at radius 1 is 1.33 bits per heavy atom. The summed E-state index contributed by atoms with van der Waals surface area (Å²) in [6.07, 6.45) is 1.19. The van der Waals surface area contributed by atoms with Crippen LogP contribution >= 0.6 is 0 Å². The van der Waals surface area contributed by atoms with E-state index in [4.69, 9.17) is 0 Å². The molecule has 0 unspecified atom stereocenters. The van der Waals surface area contributed by atoms with E-state index < -0.39 is 0 Å². The van der Waals surface area contributed by atoms with E-state index in [0.717, 1.165) is 6.54 Å². The molecule has 1 heterocycles. The summed E-state index contributed by atoms with van der Waals surface area (Å²) < 4.78 is 0. The predicted molar refractivity (Wildman–Crippen MR) is 52.7 cm³/mol. The van der Waals surface area contributed by atoms with Crippen molar-refractivity contribution in [2.24, 2.45) is 0 Å². The third-order valence-corrected chi connectivity index (χ3v) is 2.50. The number of rotatable bonds is 1. The summed E-state index contributed by atoms with van der Waals surface area (Å²) in [4.78, 5) is 0. The van der Waals surface area contributed by atoms with Crippen molar-refractivity contribution in [2.75, 3.05) is 11.9 Å². The van der Waals surface area contributed by atoms with Gasteiger partial charge < -0.3 is 5.32 Å². The SMILES string of the molecule is CC(C)c1cccc2c1NCC2. The molecule has 0 bridgehead atoms. The number of anilines is 1. The Kier molecular flexibility index (Phi) is 1.80. The molecule has 1 aliphatic rings. The van der Waals surface area contributed by atoms with Gasteiger partial charge in [0, 0.05) is 12.2 Å². The fourth-order valence-corrected chi connectivity index (χ4v) is 1.85. The Morgan fingerprint density at radius 3 is 2.92 bits per heavy atom. The van der Waals surface area contributed by atoms with Gasteiger partial charge in [0.25, 0.3) is 0 Å². The van der Waals surface area contributed by atoms with Crippen LogP contribution in [0.3, 0.4) is 0 Å². The molecule has 1 nitrogen and oxygen atoms in total. The van der Waals surface area contributed by atoms with Crippen molar-refractivity contribution in [3.05, 3.63) is 29.3 Å².